The van der Waals surface area contributed by atoms with Gasteiger partial charge >= 0.3 is 5.97 Å². The second-order valence-electron chi connectivity index (χ2n) is 6.16. The van der Waals surface area contributed by atoms with Crippen LogP contribution in [0.25, 0.3) is 0 Å². The summed E-state index contributed by atoms with van der Waals surface area (Å²) in [6, 6.07) is 4.21. The van der Waals surface area contributed by atoms with Gasteiger partial charge in [-0.25, -0.2) is 17.9 Å². The predicted molar refractivity (Wildman–Crippen MR) is 94.8 cm³/mol. The summed E-state index contributed by atoms with van der Waals surface area (Å²) in [6.45, 7) is 9.44. The molecule has 25 heavy (non-hydrogen) atoms. The Balaban J connectivity index is 2.93. The molecule has 0 aliphatic rings. The molecule has 1 amide bonds. The molecule has 1 aromatic carbocycles. The van der Waals surface area contributed by atoms with Crippen LogP contribution in [0.3, 0.4) is 0 Å². The molecule has 1 unspecified atom stereocenters. The van der Waals surface area contributed by atoms with E-state index in [1.165, 1.54) is 25.1 Å². The molecule has 0 aromatic heterocycles. The van der Waals surface area contributed by atoms with Crippen molar-refractivity contribution < 1.29 is 22.7 Å². The lowest BCUT2D eigenvalue weighted by Crippen LogP contribution is -2.37. The van der Waals surface area contributed by atoms with Crippen molar-refractivity contribution >= 4 is 21.9 Å². The summed E-state index contributed by atoms with van der Waals surface area (Å²) in [5, 5.41) is 2.68. The molecule has 0 saturated heterocycles. The molecule has 1 atom stereocenters. The van der Waals surface area contributed by atoms with Gasteiger partial charge in [-0.15, -0.1) is 0 Å². The zero-order valence-electron chi connectivity index (χ0n) is 15.3. The van der Waals surface area contributed by atoms with Crippen LogP contribution in [0.1, 0.15) is 43.6 Å². The molecule has 140 valence electrons. The van der Waals surface area contributed by atoms with Gasteiger partial charge in [0.25, 0.3) is 5.91 Å². The summed E-state index contributed by atoms with van der Waals surface area (Å²) < 4.78 is 31.7. The Morgan fingerprint density at radius 2 is 1.84 bits per heavy atom. The van der Waals surface area contributed by atoms with Crippen molar-refractivity contribution in [2.24, 2.45) is 5.92 Å². The first-order chi connectivity index (χ1) is 11.6. The van der Waals surface area contributed by atoms with Crippen molar-refractivity contribution in [1.82, 2.24) is 10.0 Å². The van der Waals surface area contributed by atoms with E-state index in [0.717, 1.165) is 0 Å². The van der Waals surface area contributed by atoms with Crippen LogP contribution in [0, 0.1) is 12.8 Å². The molecular formula is C17H26N2O5S. The smallest absolute Gasteiger partial charge is 0.339 e. The minimum Gasteiger partial charge on any atom is -0.449 e. The Bertz CT molecular complexity index is 729. The number of ether oxygens (including phenoxy) is 1. The standard InChI is InChI=1S/C17H26N2O5S/c1-6-19-25(22,23)14-8-7-12(4)15(9-14)17(21)24-13(5)16(20)18-10-11(2)3/h7-9,11,13,19H,6,10H2,1-5H3,(H,18,20). The Morgan fingerprint density at radius 3 is 2.40 bits per heavy atom. The summed E-state index contributed by atoms with van der Waals surface area (Å²) in [7, 11) is -3.68. The maximum absolute atomic E-state index is 12.3. The molecule has 0 radical (unpaired) electrons. The number of carbonyl (C=O) groups excluding carboxylic acids is 2. The van der Waals surface area contributed by atoms with E-state index in [-0.39, 0.29) is 22.9 Å². The Hall–Kier alpha value is -1.93. The average Bonchev–Trinajstić information content (AvgIpc) is 2.52. The van der Waals surface area contributed by atoms with Gasteiger partial charge in [-0.1, -0.05) is 26.8 Å². The van der Waals surface area contributed by atoms with Gasteiger partial charge in [-0.3, -0.25) is 4.79 Å². The lowest BCUT2D eigenvalue weighted by Gasteiger charge is -2.16. The maximum atomic E-state index is 12.3. The van der Waals surface area contributed by atoms with Crippen LogP contribution in [-0.2, 0) is 19.6 Å². The van der Waals surface area contributed by atoms with Crippen LogP contribution in [0.4, 0.5) is 0 Å². The highest BCUT2D eigenvalue weighted by Gasteiger charge is 2.22. The maximum Gasteiger partial charge on any atom is 0.339 e. The minimum atomic E-state index is -3.68. The Kier molecular flexibility index (Phi) is 7.57. The van der Waals surface area contributed by atoms with E-state index in [4.69, 9.17) is 4.74 Å². The Morgan fingerprint density at radius 1 is 1.20 bits per heavy atom. The molecule has 0 aliphatic heterocycles. The lowest BCUT2D eigenvalue weighted by molar-refractivity contribution is -0.129. The highest BCUT2D eigenvalue weighted by molar-refractivity contribution is 7.89. The molecular weight excluding hydrogens is 344 g/mol. The largest absolute Gasteiger partial charge is 0.449 e. The first kappa shape index (κ1) is 21.1. The number of hydrogen-bond donors (Lipinski definition) is 2. The quantitative estimate of drug-likeness (QED) is 0.677. The normalized spacial score (nSPS) is 12.7. The van der Waals surface area contributed by atoms with E-state index in [2.05, 4.69) is 10.0 Å². The predicted octanol–water partition coefficient (Wildman–Crippen LogP) is 1.61. The zero-order chi connectivity index (χ0) is 19.2. The van der Waals surface area contributed by atoms with E-state index in [9.17, 15) is 18.0 Å². The number of benzene rings is 1. The summed E-state index contributed by atoms with van der Waals surface area (Å²) in [5.74, 6) is -0.851. The van der Waals surface area contributed by atoms with E-state index >= 15 is 0 Å². The van der Waals surface area contributed by atoms with Crippen LogP contribution in [0.15, 0.2) is 23.1 Å². The number of amides is 1. The van der Waals surface area contributed by atoms with Crippen LogP contribution < -0.4 is 10.0 Å². The van der Waals surface area contributed by atoms with Gasteiger partial charge in [-0.2, -0.15) is 0 Å². The number of esters is 1. The number of aryl methyl sites for hydroxylation is 1. The molecule has 0 spiro atoms. The van der Waals surface area contributed by atoms with Crippen molar-refractivity contribution in [3.05, 3.63) is 29.3 Å². The summed E-state index contributed by atoms with van der Waals surface area (Å²) in [6.07, 6.45) is -0.973. The molecule has 1 rings (SSSR count). The van der Waals surface area contributed by atoms with E-state index < -0.39 is 28.0 Å². The van der Waals surface area contributed by atoms with Gasteiger partial charge < -0.3 is 10.1 Å². The molecule has 0 heterocycles. The molecule has 0 fully saturated rings. The first-order valence-electron chi connectivity index (χ1n) is 8.17. The summed E-state index contributed by atoms with van der Waals surface area (Å²) in [4.78, 5) is 24.2. The number of carbonyl (C=O) groups is 2. The second kappa shape index (κ2) is 8.96. The van der Waals surface area contributed by atoms with Gasteiger partial charge in [0.2, 0.25) is 10.0 Å². The average molecular weight is 370 g/mol. The molecule has 7 nitrogen and oxygen atoms in total. The van der Waals surface area contributed by atoms with Crippen LogP contribution in [0.2, 0.25) is 0 Å². The fourth-order valence-electron chi connectivity index (χ4n) is 1.99. The summed E-state index contributed by atoms with van der Waals surface area (Å²) >= 11 is 0. The van der Waals surface area contributed by atoms with Crippen molar-refractivity contribution in [1.29, 1.82) is 0 Å². The molecule has 8 heteroatoms. The first-order valence-corrected chi connectivity index (χ1v) is 9.65. The van der Waals surface area contributed by atoms with Gasteiger partial charge in [0, 0.05) is 13.1 Å². The van der Waals surface area contributed by atoms with Crippen molar-refractivity contribution in [2.45, 2.75) is 45.6 Å². The van der Waals surface area contributed by atoms with E-state index in [1.807, 2.05) is 13.8 Å². The highest BCUT2D eigenvalue weighted by atomic mass is 32.2. The number of rotatable bonds is 8. The van der Waals surface area contributed by atoms with Crippen LogP contribution in [-0.4, -0.2) is 39.5 Å². The molecule has 2 N–H and O–H groups in total. The molecule has 0 saturated carbocycles. The number of nitrogens with one attached hydrogen (secondary N) is 2. The SMILES string of the molecule is CCNS(=O)(=O)c1ccc(C)c(C(=O)OC(C)C(=O)NCC(C)C)c1. The van der Waals surface area contributed by atoms with E-state index in [1.54, 1.807) is 13.8 Å². The molecule has 0 bridgehead atoms. The molecule has 0 aliphatic carbocycles. The van der Waals surface area contributed by atoms with Crippen LogP contribution >= 0.6 is 0 Å². The van der Waals surface area contributed by atoms with Gasteiger partial charge in [0.15, 0.2) is 6.10 Å². The third-order valence-electron chi connectivity index (χ3n) is 3.41. The highest BCUT2D eigenvalue weighted by Crippen LogP contribution is 2.17. The minimum absolute atomic E-state index is 0.0242. The van der Waals surface area contributed by atoms with Gasteiger partial charge in [0.1, 0.15) is 0 Å². The fraction of sp³-hybridized carbons (Fsp3) is 0.529. The van der Waals surface area contributed by atoms with Gasteiger partial charge in [0.05, 0.1) is 10.5 Å². The van der Waals surface area contributed by atoms with Crippen molar-refractivity contribution in [2.75, 3.05) is 13.1 Å². The Labute approximate surface area is 149 Å². The van der Waals surface area contributed by atoms with E-state index in [0.29, 0.717) is 12.1 Å². The number of hydrogen-bond acceptors (Lipinski definition) is 5. The van der Waals surface area contributed by atoms with Gasteiger partial charge in [-0.05, 0) is 37.5 Å². The topological polar surface area (TPSA) is 102 Å². The fourth-order valence-corrected chi connectivity index (χ4v) is 3.05. The second-order valence-corrected chi connectivity index (χ2v) is 7.93. The third-order valence-corrected chi connectivity index (χ3v) is 4.95. The third kappa shape index (κ3) is 6.13. The van der Waals surface area contributed by atoms with Crippen molar-refractivity contribution in [3.8, 4) is 0 Å². The van der Waals surface area contributed by atoms with Crippen LogP contribution in [0.5, 0.6) is 0 Å². The lowest BCUT2D eigenvalue weighted by atomic mass is 10.1. The number of sulfonamides is 1. The molecule has 1 aromatic rings. The monoisotopic (exact) mass is 370 g/mol. The summed E-state index contributed by atoms with van der Waals surface area (Å²) in [5.41, 5.74) is 0.678. The van der Waals surface area contributed by atoms with Crippen molar-refractivity contribution in [3.63, 3.8) is 0 Å². The zero-order valence-corrected chi connectivity index (χ0v) is 16.1.